The van der Waals surface area contributed by atoms with E-state index in [9.17, 15) is 8.42 Å². The Morgan fingerprint density at radius 3 is 2.54 bits per heavy atom. The summed E-state index contributed by atoms with van der Waals surface area (Å²) >= 11 is 0. The van der Waals surface area contributed by atoms with Crippen LogP contribution in [0.4, 0.5) is 0 Å². The van der Waals surface area contributed by atoms with Crippen LogP contribution in [0.5, 0.6) is 0 Å². The number of aromatic nitrogens is 1. The number of nitrogens with zero attached hydrogens (tertiary/aromatic N) is 3. The average molecular weight is 379 g/mol. The topological polar surface area (TPSA) is 75.9 Å². The van der Waals surface area contributed by atoms with E-state index in [0.717, 1.165) is 23.9 Å². The standard InChI is InChI=1S/C18H25N3O4S/c1-13-10-21(11-14(2)24-13)26(22,23)20-9-5-6-15(12-20)18-19-16-7-3-4-8-17(16)25-18/h3-4,7-8,13-15H,5-6,9-12H2,1-2H3. The Balaban J connectivity index is 1.54. The maximum Gasteiger partial charge on any atom is 0.282 e. The van der Waals surface area contributed by atoms with Crippen molar-refractivity contribution in [3.8, 4) is 0 Å². The fourth-order valence-electron chi connectivity index (χ4n) is 3.90. The smallest absolute Gasteiger partial charge is 0.282 e. The lowest BCUT2D eigenvalue weighted by Crippen LogP contribution is -2.54. The van der Waals surface area contributed by atoms with Crippen molar-refractivity contribution in [1.29, 1.82) is 0 Å². The molecule has 0 bridgehead atoms. The first kappa shape index (κ1) is 17.9. The van der Waals surface area contributed by atoms with Gasteiger partial charge in [0, 0.05) is 32.1 Å². The number of hydrogen-bond acceptors (Lipinski definition) is 5. The second kappa shape index (κ2) is 6.92. The first-order valence-electron chi connectivity index (χ1n) is 9.19. The maximum absolute atomic E-state index is 13.1. The Morgan fingerprint density at radius 1 is 1.08 bits per heavy atom. The summed E-state index contributed by atoms with van der Waals surface area (Å²) in [4.78, 5) is 4.57. The van der Waals surface area contributed by atoms with Crippen LogP contribution in [0.3, 0.4) is 0 Å². The molecule has 2 aliphatic rings. The summed E-state index contributed by atoms with van der Waals surface area (Å²) in [5, 5.41) is 0. The first-order valence-corrected chi connectivity index (χ1v) is 10.6. The molecular formula is C18H25N3O4S. The van der Waals surface area contributed by atoms with E-state index in [2.05, 4.69) is 4.98 Å². The summed E-state index contributed by atoms with van der Waals surface area (Å²) in [6.45, 7) is 5.58. The Hall–Kier alpha value is -1.48. The number of ether oxygens (including phenoxy) is 1. The van der Waals surface area contributed by atoms with Crippen LogP contribution in [0, 0.1) is 0 Å². The number of rotatable bonds is 3. The van der Waals surface area contributed by atoms with Crippen LogP contribution in [0.2, 0.25) is 0 Å². The molecule has 142 valence electrons. The van der Waals surface area contributed by atoms with Gasteiger partial charge in [-0.1, -0.05) is 12.1 Å². The van der Waals surface area contributed by atoms with Crippen LogP contribution in [-0.4, -0.2) is 60.4 Å². The molecule has 8 heteroatoms. The molecule has 0 spiro atoms. The van der Waals surface area contributed by atoms with Crippen LogP contribution in [-0.2, 0) is 14.9 Å². The number of benzene rings is 1. The van der Waals surface area contributed by atoms with Crippen LogP contribution < -0.4 is 0 Å². The molecule has 3 unspecified atom stereocenters. The predicted molar refractivity (Wildman–Crippen MR) is 98.1 cm³/mol. The molecule has 2 aliphatic heterocycles. The summed E-state index contributed by atoms with van der Waals surface area (Å²) in [5.41, 5.74) is 1.57. The number of para-hydroxylation sites is 2. The van der Waals surface area contributed by atoms with E-state index in [1.54, 1.807) is 8.61 Å². The van der Waals surface area contributed by atoms with Crippen molar-refractivity contribution in [2.45, 2.75) is 44.8 Å². The van der Waals surface area contributed by atoms with Gasteiger partial charge in [-0.05, 0) is 38.8 Å². The molecule has 4 rings (SSSR count). The Morgan fingerprint density at radius 2 is 1.81 bits per heavy atom. The molecule has 1 aromatic carbocycles. The van der Waals surface area contributed by atoms with E-state index in [1.165, 1.54) is 0 Å². The maximum atomic E-state index is 13.1. The summed E-state index contributed by atoms with van der Waals surface area (Å²) in [7, 11) is -3.50. The van der Waals surface area contributed by atoms with Gasteiger partial charge in [-0.25, -0.2) is 4.98 Å². The van der Waals surface area contributed by atoms with Gasteiger partial charge in [0.15, 0.2) is 11.5 Å². The number of morpholine rings is 1. The number of piperidine rings is 1. The third kappa shape index (κ3) is 3.38. The van der Waals surface area contributed by atoms with Crippen molar-refractivity contribution in [2.24, 2.45) is 0 Å². The van der Waals surface area contributed by atoms with Gasteiger partial charge in [0.2, 0.25) is 0 Å². The molecule has 0 saturated carbocycles. The minimum Gasteiger partial charge on any atom is -0.440 e. The molecule has 7 nitrogen and oxygen atoms in total. The van der Waals surface area contributed by atoms with Gasteiger partial charge in [0.25, 0.3) is 10.2 Å². The first-order chi connectivity index (χ1) is 12.4. The van der Waals surface area contributed by atoms with Crippen LogP contribution in [0.25, 0.3) is 11.1 Å². The second-order valence-electron chi connectivity index (χ2n) is 7.30. The van der Waals surface area contributed by atoms with Gasteiger partial charge in [-0.2, -0.15) is 17.0 Å². The number of hydrogen-bond donors (Lipinski definition) is 0. The van der Waals surface area contributed by atoms with Crippen LogP contribution in [0.15, 0.2) is 28.7 Å². The minimum absolute atomic E-state index is 0.0122. The molecule has 26 heavy (non-hydrogen) atoms. The molecule has 0 amide bonds. The zero-order valence-electron chi connectivity index (χ0n) is 15.2. The average Bonchev–Trinajstić information content (AvgIpc) is 3.05. The van der Waals surface area contributed by atoms with E-state index >= 15 is 0 Å². The molecule has 0 radical (unpaired) electrons. The molecule has 0 aliphatic carbocycles. The highest BCUT2D eigenvalue weighted by atomic mass is 32.2. The largest absolute Gasteiger partial charge is 0.440 e. The summed E-state index contributed by atoms with van der Waals surface area (Å²) < 4.78 is 40.9. The van der Waals surface area contributed by atoms with E-state index in [1.807, 2.05) is 38.1 Å². The second-order valence-corrected chi connectivity index (χ2v) is 9.23. The molecule has 3 atom stereocenters. The lowest BCUT2D eigenvalue weighted by molar-refractivity contribution is -0.0456. The number of fused-ring (bicyclic) bond motifs is 1. The quantitative estimate of drug-likeness (QED) is 0.818. The van der Waals surface area contributed by atoms with Crippen molar-refractivity contribution >= 4 is 21.3 Å². The Bertz CT molecular complexity index is 838. The normalized spacial score (nSPS) is 29.2. The van der Waals surface area contributed by atoms with E-state index in [4.69, 9.17) is 9.15 Å². The highest BCUT2D eigenvalue weighted by Crippen LogP contribution is 2.31. The highest BCUT2D eigenvalue weighted by molar-refractivity contribution is 7.86. The fourth-order valence-corrected chi connectivity index (χ4v) is 5.75. The third-order valence-electron chi connectivity index (χ3n) is 5.08. The lowest BCUT2D eigenvalue weighted by Gasteiger charge is -2.39. The third-order valence-corrected chi connectivity index (χ3v) is 7.02. The van der Waals surface area contributed by atoms with Crippen molar-refractivity contribution in [2.75, 3.05) is 26.2 Å². The molecule has 1 aromatic heterocycles. The van der Waals surface area contributed by atoms with Gasteiger partial charge in [0.1, 0.15) is 5.52 Å². The zero-order chi connectivity index (χ0) is 18.3. The van der Waals surface area contributed by atoms with E-state index in [-0.39, 0.29) is 18.1 Å². The highest BCUT2D eigenvalue weighted by Gasteiger charge is 2.38. The van der Waals surface area contributed by atoms with Crippen molar-refractivity contribution in [3.05, 3.63) is 30.2 Å². The minimum atomic E-state index is -3.50. The van der Waals surface area contributed by atoms with Crippen molar-refractivity contribution in [3.63, 3.8) is 0 Å². The Labute approximate surface area is 154 Å². The van der Waals surface area contributed by atoms with E-state index < -0.39 is 10.2 Å². The zero-order valence-corrected chi connectivity index (χ0v) is 16.0. The van der Waals surface area contributed by atoms with Crippen LogP contribution in [0.1, 0.15) is 38.5 Å². The molecule has 2 aromatic rings. The molecule has 2 saturated heterocycles. The fraction of sp³-hybridized carbons (Fsp3) is 0.611. The predicted octanol–water partition coefficient (Wildman–Crippen LogP) is 2.36. The Kier molecular flexibility index (Phi) is 4.77. The summed E-state index contributed by atoms with van der Waals surface area (Å²) in [6, 6.07) is 7.64. The number of oxazole rings is 1. The molecule has 2 fully saturated rings. The summed E-state index contributed by atoms with van der Waals surface area (Å²) in [5.74, 6) is 0.622. The van der Waals surface area contributed by atoms with Gasteiger partial charge in [0.05, 0.1) is 12.2 Å². The SMILES string of the molecule is CC1CN(S(=O)(=O)N2CCCC(c3nc4ccccc4o3)C2)CC(C)O1. The van der Waals surface area contributed by atoms with E-state index in [0.29, 0.717) is 32.1 Å². The van der Waals surface area contributed by atoms with Gasteiger partial charge < -0.3 is 9.15 Å². The molecule has 0 N–H and O–H groups in total. The molecule has 3 heterocycles. The van der Waals surface area contributed by atoms with Crippen LogP contribution >= 0.6 is 0 Å². The van der Waals surface area contributed by atoms with Gasteiger partial charge in [-0.15, -0.1) is 0 Å². The summed E-state index contributed by atoms with van der Waals surface area (Å²) in [6.07, 6.45) is 1.50. The lowest BCUT2D eigenvalue weighted by atomic mass is 10.00. The monoisotopic (exact) mass is 379 g/mol. The van der Waals surface area contributed by atoms with Gasteiger partial charge >= 0.3 is 0 Å². The van der Waals surface area contributed by atoms with Gasteiger partial charge in [-0.3, -0.25) is 0 Å². The van der Waals surface area contributed by atoms with Crippen molar-refractivity contribution in [1.82, 2.24) is 13.6 Å². The van der Waals surface area contributed by atoms with Crippen molar-refractivity contribution < 1.29 is 17.6 Å². The molecular weight excluding hydrogens is 354 g/mol.